The van der Waals surface area contributed by atoms with E-state index in [-0.39, 0.29) is 23.6 Å². The molecule has 134 valence electrons. The maximum absolute atomic E-state index is 12.1. The summed E-state index contributed by atoms with van der Waals surface area (Å²) < 4.78 is 22.7. The number of nitrogens with zero attached hydrogens (tertiary/aromatic N) is 4. The third kappa shape index (κ3) is 3.25. The van der Waals surface area contributed by atoms with Gasteiger partial charge in [-0.2, -0.15) is 0 Å². The lowest BCUT2D eigenvalue weighted by molar-refractivity contribution is -0.118. The minimum Gasteiger partial charge on any atom is -0.353 e. The number of anilines is 1. The third-order valence-electron chi connectivity index (χ3n) is 5.05. The molecule has 1 saturated heterocycles. The number of ketones is 1. The molecule has 1 spiro atoms. The van der Waals surface area contributed by atoms with Crippen molar-refractivity contribution in [3.05, 3.63) is 18.6 Å². The van der Waals surface area contributed by atoms with Gasteiger partial charge in [0.15, 0.2) is 15.6 Å². The van der Waals surface area contributed by atoms with Gasteiger partial charge in [-0.15, -0.1) is 0 Å². The largest absolute Gasteiger partial charge is 0.353 e. The van der Waals surface area contributed by atoms with Crippen molar-refractivity contribution in [1.29, 1.82) is 0 Å². The molecule has 9 heteroatoms. The monoisotopic (exact) mass is 363 g/mol. The van der Waals surface area contributed by atoms with Gasteiger partial charge in [-0.1, -0.05) is 0 Å². The Labute approximate surface area is 146 Å². The van der Waals surface area contributed by atoms with Gasteiger partial charge in [0.2, 0.25) is 0 Å². The molecule has 2 fully saturated rings. The normalized spacial score (nSPS) is 20.3. The predicted molar refractivity (Wildman–Crippen MR) is 94.4 cm³/mol. The second kappa shape index (κ2) is 5.77. The van der Waals surface area contributed by atoms with E-state index >= 15 is 0 Å². The number of sulfone groups is 1. The van der Waals surface area contributed by atoms with Crippen molar-refractivity contribution in [2.24, 2.45) is 0 Å². The van der Waals surface area contributed by atoms with Crippen LogP contribution in [0.1, 0.15) is 12.8 Å². The summed E-state index contributed by atoms with van der Waals surface area (Å²) in [6.45, 7) is 2.50. The lowest BCUT2D eigenvalue weighted by atomic mass is 10.1. The van der Waals surface area contributed by atoms with E-state index in [1.54, 1.807) is 6.33 Å². The Bertz CT molecular complexity index is 919. The summed E-state index contributed by atoms with van der Waals surface area (Å²) in [5, 5.41) is 1.000. The van der Waals surface area contributed by atoms with Crippen molar-refractivity contribution in [3.63, 3.8) is 0 Å². The van der Waals surface area contributed by atoms with Crippen molar-refractivity contribution in [1.82, 2.24) is 19.9 Å². The molecule has 25 heavy (non-hydrogen) atoms. The van der Waals surface area contributed by atoms with Crippen LogP contribution in [0.25, 0.3) is 11.0 Å². The summed E-state index contributed by atoms with van der Waals surface area (Å²) in [4.78, 5) is 28.3. The number of nitrogens with one attached hydrogen (secondary N) is 1. The average Bonchev–Trinajstić information content (AvgIpc) is 3.12. The number of aromatic amines is 1. The van der Waals surface area contributed by atoms with Gasteiger partial charge >= 0.3 is 0 Å². The summed E-state index contributed by atoms with van der Waals surface area (Å²) in [7, 11) is -3.27. The van der Waals surface area contributed by atoms with E-state index < -0.39 is 9.84 Å². The topological polar surface area (TPSA) is 99.3 Å². The van der Waals surface area contributed by atoms with E-state index in [0.717, 1.165) is 55.6 Å². The Hall–Kier alpha value is -2.00. The summed E-state index contributed by atoms with van der Waals surface area (Å²) in [6.07, 6.45) is 6.58. The number of fused-ring (bicyclic) bond motifs is 1. The molecule has 2 aromatic rings. The second-order valence-electron chi connectivity index (χ2n) is 7.11. The molecule has 1 aliphatic carbocycles. The van der Waals surface area contributed by atoms with Gasteiger partial charge in [0.05, 0.1) is 11.9 Å². The molecule has 0 unspecified atom stereocenters. The number of H-pyrrole nitrogens is 1. The third-order valence-corrected chi connectivity index (χ3v) is 5.89. The van der Waals surface area contributed by atoms with Crippen LogP contribution >= 0.6 is 0 Å². The van der Waals surface area contributed by atoms with Gasteiger partial charge in [-0.3, -0.25) is 9.69 Å². The quantitative estimate of drug-likeness (QED) is 0.811. The van der Waals surface area contributed by atoms with Crippen LogP contribution in [0.2, 0.25) is 0 Å². The molecular formula is C16H21N5O3S. The van der Waals surface area contributed by atoms with Crippen molar-refractivity contribution < 1.29 is 13.2 Å². The van der Waals surface area contributed by atoms with Gasteiger partial charge in [0, 0.05) is 37.6 Å². The summed E-state index contributed by atoms with van der Waals surface area (Å²) in [6, 6.07) is 1.98. The Morgan fingerprint density at radius 2 is 2.12 bits per heavy atom. The summed E-state index contributed by atoms with van der Waals surface area (Å²) in [5.41, 5.74) is 0.791. The van der Waals surface area contributed by atoms with Crippen LogP contribution in [0.15, 0.2) is 18.6 Å². The molecule has 0 aromatic carbocycles. The standard InChI is InChI=1S/C16H21N5O3S/c1-25(23,24)9-12(22)8-21-7-6-20(10-16(21)3-4-16)15-13-2-5-17-14(13)18-11-19-15/h2,5,11H,3-4,6-10H2,1H3,(H,17,18,19). The molecular weight excluding hydrogens is 342 g/mol. The molecule has 1 saturated carbocycles. The highest BCUT2D eigenvalue weighted by molar-refractivity contribution is 7.91. The van der Waals surface area contributed by atoms with Crippen molar-refractivity contribution in [2.75, 3.05) is 43.1 Å². The fourth-order valence-electron chi connectivity index (χ4n) is 3.72. The highest BCUT2D eigenvalue weighted by Crippen LogP contribution is 2.45. The number of hydrogen-bond donors (Lipinski definition) is 1. The van der Waals surface area contributed by atoms with E-state index in [4.69, 9.17) is 0 Å². The molecule has 0 bridgehead atoms. The Kier molecular flexibility index (Phi) is 3.80. The maximum atomic E-state index is 12.1. The van der Waals surface area contributed by atoms with Gasteiger partial charge in [-0.05, 0) is 18.9 Å². The molecule has 1 aliphatic heterocycles. The van der Waals surface area contributed by atoms with Crippen LogP contribution in [0.3, 0.4) is 0 Å². The number of rotatable bonds is 5. The van der Waals surface area contributed by atoms with Crippen molar-refractivity contribution in [3.8, 4) is 0 Å². The highest BCUT2D eigenvalue weighted by atomic mass is 32.2. The molecule has 0 atom stereocenters. The maximum Gasteiger partial charge on any atom is 0.161 e. The molecule has 2 aromatic heterocycles. The number of hydrogen-bond acceptors (Lipinski definition) is 7. The Morgan fingerprint density at radius 3 is 2.84 bits per heavy atom. The molecule has 0 radical (unpaired) electrons. The average molecular weight is 363 g/mol. The van der Waals surface area contributed by atoms with Crippen LogP contribution in [-0.4, -0.2) is 77.8 Å². The zero-order chi connectivity index (χ0) is 17.7. The van der Waals surface area contributed by atoms with E-state index in [9.17, 15) is 13.2 Å². The zero-order valence-electron chi connectivity index (χ0n) is 14.1. The fourth-order valence-corrected chi connectivity index (χ4v) is 4.40. The van der Waals surface area contributed by atoms with Crippen LogP contribution < -0.4 is 4.90 Å². The van der Waals surface area contributed by atoms with Gasteiger partial charge in [0.1, 0.15) is 23.5 Å². The number of aromatic nitrogens is 3. The first-order valence-corrected chi connectivity index (χ1v) is 10.4. The van der Waals surface area contributed by atoms with E-state index in [1.165, 1.54) is 0 Å². The van der Waals surface area contributed by atoms with Crippen LogP contribution in [0.5, 0.6) is 0 Å². The number of Topliss-reactive ketones (excluding diaryl/α,β-unsaturated/α-hetero) is 1. The Morgan fingerprint density at radius 1 is 1.32 bits per heavy atom. The first-order chi connectivity index (χ1) is 11.9. The molecule has 3 heterocycles. The van der Waals surface area contributed by atoms with Gasteiger partial charge in [0.25, 0.3) is 0 Å². The SMILES string of the molecule is CS(=O)(=O)CC(=O)CN1CCN(c2ncnc3[nH]ccc23)CC12CC2. The summed E-state index contributed by atoms with van der Waals surface area (Å²) in [5.74, 6) is 0.316. The smallest absolute Gasteiger partial charge is 0.161 e. The lowest BCUT2D eigenvalue weighted by Crippen LogP contribution is -2.56. The van der Waals surface area contributed by atoms with Crippen LogP contribution in [0.4, 0.5) is 5.82 Å². The fraction of sp³-hybridized carbons (Fsp3) is 0.562. The highest BCUT2D eigenvalue weighted by Gasteiger charge is 2.51. The first kappa shape index (κ1) is 16.5. The van der Waals surface area contributed by atoms with Gasteiger partial charge < -0.3 is 9.88 Å². The predicted octanol–water partition coefficient (Wildman–Crippen LogP) is 0.226. The lowest BCUT2D eigenvalue weighted by Gasteiger charge is -2.42. The molecule has 1 N–H and O–H groups in total. The molecule has 4 rings (SSSR count). The molecule has 8 nitrogen and oxygen atoms in total. The first-order valence-electron chi connectivity index (χ1n) is 8.34. The van der Waals surface area contributed by atoms with Crippen molar-refractivity contribution >= 4 is 32.5 Å². The summed E-state index contributed by atoms with van der Waals surface area (Å²) >= 11 is 0. The Balaban J connectivity index is 1.50. The van der Waals surface area contributed by atoms with E-state index in [1.807, 2.05) is 12.3 Å². The van der Waals surface area contributed by atoms with Crippen molar-refractivity contribution in [2.45, 2.75) is 18.4 Å². The number of carbonyl (C=O) groups excluding carboxylic acids is 1. The molecule has 2 aliphatic rings. The minimum atomic E-state index is -3.27. The van der Waals surface area contributed by atoms with Crippen LogP contribution in [0, 0.1) is 0 Å². The minimum absolute atomic E-state index is 0.0288. The van der Waals surface area contributed by atoms with E-state index in [2.05, 4.69) is 24.8 Å². The second-order valence-corrected chi connectivity index (χ2v) is 9.25. The van der Waals surface area contributed by atoms with Crippen LogP contribution in [-0.2, 0) is 14.6 Å². The number of carbonyl (C=O) groups is 1. The zero-order valence-corrected chi connectivity index (χ0v) is 14.9. The van der Waals surface area contributed by atoms with E-state index in [0.29, 0.717) is 0 Å². The number of piperazine rings is 1. The molecule has 0 amide bonds. The van der Waals surface area contributed by atoms with Gasteiger partial charge in [-0.25, -0.2) is 18.4 Å².